The second-order valence-corrected chi connectivity index (χ2v) is 4.54. The Morgan fingerprint density at radius 3 is 2.45 bits per heavy atom. The molecule has 0 amide bonds. The van der Waals surface area contributed by atoms with Crippen LogP contribution in [0.1, 0.15) is 26.2 Å². The predicted octanol–water partition coefficient (Wildman–Crippen LogP) is 1.16. The molecule has 3 rings (SSSR count). The molecule has 11 heavy (non-hydrogen) atoms. The number of ether oxygens (including phenoxy) is 1. The first-order chi connectivity index (χ1) is 5.18. The van der Waals surface area contributed by atoms with Crippen molar-refractivity contribution in [1.82, 2.24) is 5.32 Å². The van der Waals surface area contributed by atoms with Crippen molar-refractivity contribution in [3.05, 3.63) is 0 Å². The van der Waals surface area contributed by atoms with E-state index in [1.807, 2.05) is 0 Å². The van der Waals surface area contributed by atoms with E-state index in [-0.39, 0.29) is 0 Å². The van der Waals surface area contributed by atoms with Crippen molar-refractivity contribution in [2.75, 3.05) is 20.3 Å². The molecule has 3 saturated carbocycles. The fourth-order valence-corrected chi connectivity index (χ4v) is 2.90. The van der Waals surface area contributed by atoms with Crippen molar-refractivity contribution in [3.63, 3.8) is 0 Å². The predicted molar refractivity (Wildman–Crippen MR) is 44.6 cm³/mol. The van der Waals surface area contributed by atoms with E-state index in [1.165, 1.54) is 19.3 Å². The van der Waals surface area contributed by atoms with Crippen LogP contribution in [0, 0.1) is 5.41 Å². The van der Waals surface area contributed by atoms with Crippen LogP contribution in [0.15, 0.2) is 0 Å². The lowest BCUT2D eigenvalue weighted by atomic mass is 9.40. The molecule has 0 aromatic heterocycles. The van der Waals surface area contributed by atoms with Gasteiger partial charge in [-0.25, -0.2) is 0 Å². The van der Waals surface area contributed by atoms with Crippen LogP contribution in [0.25, 0.3) is 0 Å². The number of hydrogen-bond donors (Lipinski definition) is 1. The molecule has 3 aliphatic carbocycles. The average molecular weight is 155 g/mol. The molecule has 2 nitrogen and oxygen atoms in total. The number of nitrogens with one attached hydrogen (secondary N) is 1. The maximum atomic E-state index is 4.99. The van der Waals surface area contributed by atoms with Gasteiger partial charge in [0.1, 0.15) is 0 Å². The van der Waals surface area contributed by atoms with Gasteiger partial charge < -0.3 is 10.1 Å². The minimum atomic E-state index is 0.549. The molecule has 3 fully saturated rings. The molecule has 64 valence electrons. The summed E-state index contributed by atoms with van der Waals surface area (Å²) in [6.45, 7) is 4.25. The second-order valence-electron chi connectivity index (χ2n) is 4.54. The number of hydrogen-bond acceptors (Lipinski definition) is 2. The molecule has 1 N–H and O–H groups in total. The Labute approximate surface area is 68.3 Å². The van der Waals surface area contributed by atoms with Gasteiger partial charge in [-0.05, 0) is 24.7 Å². The Kier molecular flexibility index (Phi) is 1.52. The van der Waals surface area contributed by atoms with Crippen molar-refractivity contribution < 1.29 is 4.74 Å². The largest absolute Gasteiger partial charge is 0.383 e. The standard InChI is InChI=1S/C9H17NO/c1-8-5-9(6-8,7-8)10-3-4-11-2/h10H,3-7H2,1-2H3. The first kappa shape index (κ1) is 7.56. The van der Waals surface area contributed by atoms with Gasteiger partial charge in [0.25, 0.3) is 0 Å². The Morgan fingerprint density at radius 2 is 2.00 bits per heavy atom. The zero-order valence-corrected chi connectivity index (χ0v) is 7.44. The Morgan fingerprint density at radius 1 is 1.36 bits per heavy atom. The molecule has 0 atom stereocenters. The fraction of sp³-hybridized carbons (Fsp3) is 1.00. The highest BCUT2D eigenvalue weighted by atomic mass is 16.5. The van der Waals surface area contributed by atoms with Crippen LogP contribution in [-0.4, -0.2) is 25.8 Å². The molecular weight excluding hydrogens is 138 g/mol. The minimum absolute atomic E-state index is 0.549. The number of methoxy groups -OCH3 is 1. The van der Waals surface area contributed by atoms with Crippen molar-refractivity contribution in [2.24, 2.45) is 5.41 Å². The first-order valence-corrected chi connectivity index (χ1v) is 4.42. The summed E-state index contributed by atoms with van der Waals surface area (Å²) < 4.78 is 4.99. The highest BCUT2D eigenvalue weighted by Crippen LogP contribution is 2.66. The normalized spacial score (nSPS) is 46.4. The third-order valence-corrected chi connectivity index (χ3v) is 3.10. The van der Waals surface area contributed by atoms with E-state index in [0.717, 1.165) is 18.6 Å². The van der Waals surface area contributed by atoms with Crippen molar-refractivity contribution in [1.29, 1.82) is 0 Å². The zero-order chi connectivity index (χ0) is 7.95. The fourth-order valence-electron chi connectivity index (χ4n) is 2.90. The first-order valence-electron chi connectivity index (χ1n) is 4.42. The van der Waals surface area contributed by atoms with Gasteiger partial charge in [0.05, 0.1) is 6.61 Å². The van der Waals surface area contributed by atoms with E-state index < -0.39 is 0 Å². The van der Waals surface area contributed by atoms with E-state index in [9.17, 15) is 0 Å². The van der Waals surface area contributed by atoms with Gasteiger partial charge in [-0.2, -0.15) is 0 Å². The molecule has 0 aromatic rings. The highest BCUT2D eigenvalue weighted by Gasteiger charge is 2.64. The molecule has 2 bridgehead atoms. The smallest absolute Gasteiger partial charge is 0.0587 e. The van der Waals surface area contributed by atoms with Crippen LogP contribution < -0.4 is 5.32 Å². The quantitative estimate of drug-likeness (QED) is 0.615. The summed E-state index contributed by atoms with van der Waals surface area (Å²) >= 11 is 0. The SMILES string of the molecule is COCCNC12CC(C)(C1)C2. The lowest BCUT2D eigenvalue weighted by Gasteiger charge is -2.70. The lowest BCUT2D eigenvalue weighted by molar-refractivity contribution is -0.141. The molecule has 0 aliphatic heterocycles. The van der Waals surface area contributed by atoms with Gasteiger partial charge >= 0.3 is 0 Å². The van der Waals surface area contributed by atoms with Crippen LogP contribution in [0.5, 0.6) is 0 Å². The minimum Gasteiger partial charge on any atom is -0.383 e. The molecule has 3 aliphatic rings. The molecule has 0 aromatic carbocycles. The molecular formula is C9H17NO. The Bertz CT molecular complexity index is 147. The lowest BCUT2D eigenvalue weighted by Crippen LogP contribution is -2.72. The van der Waals surface area contributed by atoms with Crippen LogP contribution >= 0.6 is 0 Å². The summed E-state index contributed by atoms with van der Waals surface area (Å²) in [6.07, 6.45) is 4.18. The second kappa shape index (κ2) is 2.20. The molecule has 0 radical (unpaired) electrons. The average Bonchev–Trinajstić information content (AvgIpc) is 1.82. The van der Waals surface area contributed by atoms with Crippen molar-refractivity contribution in [2.45, 2.75) is 31.7 Å². The van der Waals surface area contributed by atoms with Gasteiger partial charge in [0, 0.05) is 19.2 Å². The van der Waals surface area contributed by atoms with E-state index in [0.29, 0.717) is 5.54 Å². The van der Waals surface area contributed by atoms with Crippen LogP contribution in [0.3, 0.4) is 0 Å². The highest BCUT2D eigenvalue weighted by molar-refractivity contribution is 5.20. The van der Waals surface area contributed by atoms with E-state index >= 15 is 0 Å². The van der Waals surface area contributed by atoms with Gasteiger partial charge in [-0.3, -0.25) is 0 Å². The topological polar surface area (TPSA) is 21.3 Å². The molecule has 0 heterocycles. The van der Waals surface area contributed by atoms with Gasteiger partial charge in [0.15, 0.2) is 0 Å². The maximum absolute atomic E-state index is 4.99. The number of rotatable bonds is 4. The van der Waals surface area contributed by atoms with Crippen LogP contribution in [-0.2, 0) is 4.74 Å². The zero-order valence-electron chi connectivity index (χ0n) is 7.44. The van der Waals surface area contributed by atoms with E-state index in [2.05, 4.69) is 12.2 Å². The molecule has 0 saturated heterocycles. The summed E-state index contributed by atoms with van der Waals surface area (Å²) in [6, 6.07) is 0. The Hall–Kier alpha value is -0.0800. The van der Waals surface area contributed by atoms with E-state index in [4.69, 9.17) is 4.74 Å². The molecule has 0 spiro atoms. The van der Waals surface area contributed by atoms with Gasteiger partial charge in [0.2, 0.25) is 0 Å². The molecule has 2 heteroatoms. The van der Waals surface area contributed by atoms with Crippen LogP contribution in [0.4, 0.5) is 0 Å². The monoisotopic (exact) mass is 155 g/mol. The molecule has 0 unspecified atom stereocenters. The third-order valence-electron chi connectivity index (χ3n) is 3.10. The van der Waals surface area contributed by atoms with Crippen molar-refractivity contribution in [3.8, 4) is 0 Å². The van der Waals surface area contributed by atoms with Crippen LogP contribution in [0.2, 0.25) is 0 Å². The summed E-state index contributed by atoms with van der Waals surface area (Å²) in [5.41, 5.74) is 1.27. The summed E-state index contributed by atoms with van der Waals surface area (Å²) in [5.74, 6) is 0. The summed E-state index contributed by atoms with van der Waals surface area (Å²) in [5, 5.41) is 3.56. The maximum Gasteiger partial charge on any atom is 0.0587 e. The van der Waals surface area contributed by atoms with Gasteiger partial charge in [-0.1, -0.05) is 6.92 Å². The van der Waals surface area contributed by atoms with Gasteiger partial charge in [-0.15, -0.1) is 0 Å². The third kappa shape index (κ3) is 1.09. The summed E-state index contributed by atoms with van der Waals surface area (Å²) in [4.78, 5) is 0. The van der Waals surface area contributed by atoms with Crippen molar-refractivity contribution >= 4 is 0 Å². The van der Waals surface area contributed by atoms with E-state index in [1.54, 1.807) is 7.11 Å². The Balaban J connectivity index is 1.66. The summed E-state index contributed by atoms with van der Waals surface area (Å²) in [7, 11) is 1.75.